The van der Waals surface area contributed by atoms with E-state index in [0.717, 1.165) is 25.7 Å². The molecule has 1 aliphatic carbocycles. The predicted octanol–water partition coefficient (Wildman–Crippen LogP) is 4.21. The molecular formula is C15H22O2S. The summed E-state index contributed by atoms with van der Waals surface area (Å²) in [4.78, 5) is 12.9. The molecule has 0 amide bonds. The van der Waals surface area contributed by atoms with Crippen LogP contribution in [0.3, 0.4) is 0 Å². The van der Waals surface area contributed by atoms with Crippen LogP contribution in [-0.4, -0.2) is 11.1 Å². The van der Waals surface area contributed by atoms with Crippen LogP contribution < -0.4 is 0 Å². The molecule has 2 rings (SSSR count). The molecule has 0 radical (unpaired) electrons. The molecule has 0 atom stereocenters. The molecule has 2 nitrogen and oxygen atoms in total. The lowest BCUT2D eigenvalue weighted by Gasteiger charge is -2.38. The first-order chi connectivity index (χ1) is 8.53. The van der Waals surface area contributed by atoms with E-state index in [2.05, 4.69) is 19.9 Å². The van der Waals surface area contributed by atoms with Gasteiger partial charge in [-0.15, -0.1) is 11.3 Å². The van der Waals surface area contributed by atoms with E-state index in [-0.39, 0.29) is 0 Å². The zero-order valence-corrected chi connectivity index (χ0v) is 12.0. The minimum atomic E-state index is -0.599. The third kappa shape index (κ3) is 2.77. The Kier molecular flexibility index (Phi) is 4.10. The van der Waals surface area contributed by atoms with E-state index < -0.39 is 11.4 Å². The molecule has 100 valence electrons. The molecule has 0 unspecified atom stereocenters. The smallest absolute Gasteiger partial charge is 0.309 e. The average Bonchev–Trinajstić information content (AvgIpc) is 2.82. The molecule has 0 aliphatic heterocycles. The Balaban J connectivity index is 2.08. The maximum atomic E-state index is 11.7. The number of hydrogen-bond acceptors (Lipinski definition) is 2. The summed E-state index contributed by atoms with van der Waals surface area (Å²) in [5, 5.41) is 11.6. The van der Waals surface area contributed by atoms with E-state index in [0.29, 0.717) is 18.3 Å². The van der Waals surface area contributed by atoms with Crippen molar-refractivity contribution in [2.75, 3.05) is 0 Å². The first-order valence-electron chi connectivity index (χ1n) is 6.79. The normalized spacial score (nSPS) is 28.5. The number of aliphatic carboxylic acids is 1. The molecular weight excluding hydrogens is 244 g/mol. The molecule has 0 aromatic carbocycles. The number of carboxylic acids is 1. The summed E-state index contributed by atoms with van der Waals surface area (Å²) < 4.78 is 0. The van der Waals surface area contributed by atoms with Crippen molar-refractivity contribution in [3.8, 4) is 0 Å². The van der Waals surface area contributed by atoms with Crippen LogP contribution in [0.15, 0.2) is 17.5 Å². The van der Waals surface area contributed by atoms with Crippen LogP contribution in [0.2, 0.25) is 0 Å². The van der Waals surface area contributed by atoms with Gasteiger partial charge in [-0.2, -0.15) is 0 Å². The fraction of sp³-hybridized carbons (Fsp3) is 0.667. The van der Waals surface area contributed by atoms with Crippen molar-refractivity contribution in [1.29, 1.82) is 0 Å². The molecule has 18 heavy (non-hydrogen) atoms. The van der Waals surface area contributed by atoms with Crippen molar-refractivity contribution in [2.45, 2.75) is 46.0 Å². The predicted molar refractivity (Wildman–Crippen MR) is 74.9 cm³/mol. The van der Waals surface area contributed by atoms with Crippen molar-refractivity contribution < 1.29 is 9.90 Å². The maximum Gasteiger partial charge on any atom is 0.309 e. The van der Waals surface area contributed by atoms with Crippen LogP contribution in [0.25, 0.3) is 0 Å². The second-order valence-electron chi connectivity index (χ2n) is 5.92. The van der Waals surface area contributed by atoms with E-state index in [9.17, 15) is 9.90 Å². The maximum absolute atomic E-state index is 11.7. The molecule has 3 heteroatoms. The first kappa shape index (κ1) is 13.6. The molecule has 1 saturated carbocycles. The Bertz CT molecular complexity index is 387. The van der Waals surface area contributed by atoms with E-state index in [1.807, 2.05) is 11.4 Å². The van der Waals surface area contributed by atoms with Crippen molar-refractivity contribution in [1.82, 2.24) is 0 Å². The minimum absolute atomic E-state index is 0.504. The molecule has 1 aromatic heterocycles. The Morgan fingerprint density at radius 2 is 2.17 bits per heavy atom. The number of rotatable bonds is 4. The van der Waals surface area contributed by atoms with Crippen LogP contribution in [0.4, 0.5) is 0 Å². The lowest BCUT2D eigenvalue weighted by atomic mass is 9.66. The van der Waals surface area contributed by atoms with Gasteiger partial charge < -0.3 is 5.11 Å². The van der Waals surface area contributed by atoms with Gasteiger partial charge in [-0.05, 0) is 55.4 Å². The molecule has 1 heterocycles. The quantitative estimate of drug-likeness (QED) is 0.886. The standard InChI is InChI=1S/C15H22O2S/c1-11(2)12-5-7-15(8-6-12,14(16)17)10-13-4-3-9-18-13/h3-4,9,11-12H,5-8,10H2,1-2H3,(H,16,17). The second-order valence-corrected chi connectivity index (χ2v) is 6.96. The van der Waals surface area contributed by atoms with Gasteiger partial charge in [0, 0.05) is 4.88 Å². The summed E-state index contributed by atoms with van der Waals surface area (Å²) in [5.74, 6) is 0.789. The van der Waals surface area contributed by atoms with Crippen LogP contribution in [-0.2, 0) is 11.2 Å². The first-order valence-corrected chi connectivity index (χ1v) is 7.67. The van der Waals surface area contributed by atoms with Crippen molar-refractivity contribution in [2.24, 2.45) is 17.3 Å². The van der Waals surface area contributed by atoms with Gasteiger partial charge in [0.25, 0.3) is 0 Å². The fourth-order valence-electron chi connectivity index (χ4n) is 3.07. The highest BCUT2D eigenvalue weighted by Gasteiger charge is 2.42. The summed E-state index contributed by atoms with van der Waals surface area (Å²) in [5.41, 5.74) is -0.504. The Morgan fingerprint density at radius 1 is 1.50 bits per heavy atom. The lowest BCUT2D eigenvalue weighted by molar-refractivity contribution is -0.151. The van der Waals surface area contributed by atoms with Gasteiger partial charge in [-0.3, -0.25) is 4.79 Å². The highest BCUT2D eigenvalue weighted by Crippen LogP contribution is 2.44. The van der Waals surface area contributed by atoms with Crippen molar-refractivity contribution in [3.63, 3.8) is 0 Å². The SMILES string of the molecule is CC(C)C1CCC(Cc2cccs2)(C(=O)O)CC1. The van der Waals surface area contributed by atoms with Crippen LogP contribution >= 0.6 is 11.3 Å². The Hall–Kier alpha value is -0.830. The van der Waals surface area contributed by atoms with E-state index in [4.69, 9.17) is 0 Å². The lowest BCUT2D eigenvalue weighted by Crippen LogP contribution is -2.38. The van der Waals surface area contributed by atoms with Gasteiger partial charge in [0.1, 0.15) is 0 Å². The zero-order chi connectivity index (χ0) is 13.2. The van der Waals surface area contributed by atoms with Gasteiger partial charge >= 0.3 is 5.97 Å². The summed E-state index contributed by atoms with van der Waals surface area (Å²) in [6, 6.07) is 4.07. The van der Waals surface area contributed by atoms with Gasteiger partial charge in [-0.25, -0.2) is 0 Å². The van der Waals surface area contributed by atoms with E-state index in [1.54, 1.807) is 11.3 Å². The number of carbonyl (C=O) groups is 1. The van der Waals surface area contributed by atoms with Crippen LogP contribution in [0.5, 0.6) is 0 Å². The zero-order valence-electron chi connectivity index (χ0n) is 11.2. The molecule has 1 aromatic rings. The average molecular weight is 266 g/mol. The summed E-state index contributed by atoms with van der Waals surface area (Å²) in [6.45, 7) is 4.50. The number of thiophene rings is 1. The van der Waals surface area contributed by atoms with Crippen LogP contribution in [0, 0.1) is 17.3 Å². The van der Waals surface area contributed by atoms with Gasteiger partial charge in [0.05, 0.1) is 5.41 Å². The highest BCUT2D eigenvalue weighted by molar-refractivity contribution is 7.09. The van der Waals surface area contributed by atoms with Gasteiger partial charge in [-0.1, -0.05) is 19.9 Å². The van der Waals surface area contributed by atoms with E-state index in [1.165, 1.54) is 4.88 Å². The number of carboxylic acid groups (broad SMARTS) is 1. The van der Waals surface area contributed by atoms with Gasteiger partial charge in [0.15, 0.2) is 0 Å². The van der Waals surface area contributed by atoms with Gasteiger partial charge in [0.2, 0.25) is 0 Å². The highest BCUT2D eigenvalue weighted by atomic mass is 32.1. The molecule has 1 fully saturated rings. The topological polar surface area (TPSA) is 37.3 Å². The monoisotopic (exact) mass is 266 g/mol. The van der Waals surface area contributed by atoms with Crippen molar-refractivity contribution in [3.05, 3.63) is 22.4 Å². The second kappa shape index (κ2) is 5.43. The Morgan fingerprint density at radius 3 is 2.61 bits per heavy atom. The summed E-state index contributed by atoms with van der Waals surface area (Å²) in [6.07, 6.45) is 4.52. The van der Waals surface area contributed by atoms with Crippen LogP contribution in [0.1, 0.15) is 44.4 Å². The van der Waals surface area contributed by atoms with E-state index >= 15 is 0 Å². The Labute approximate surface area is 113 Å². The number of hydrogen-bond donors (Lipinski definition) is 1. The molecule has 0 bridgehead atoms. The largest absolute Gasteiger partial charge is 0.481 e. The molecule has 1 N–H and O–H groups in total. The summed E-state index contributed by atoms with van der Waals surface area (Å²) >= 11 is 1.68. The fourth-order valence-corrected chi connectivity index (χ4v) is 3.92. The minimum Gasteiger partial charge on any atom is -0.481 e. The summed E-state index contributed by atoms with van der Waals surface area (Å²) in [7, 11) is 0. The molecule has 1 aliphatic rings. The third-order valence-electron chi connectivity index (χ3n) is 4.48. The molecule has 0 saturated heterocycles. The third-order valence-corrected chi connectivity index (χ3v) is 5.35. The van der Waals surface area contributed by atoms with Crippen molar-refractivity contribution >= 4 is 17.3 Å². The molecule has 0 spiro atoms.